The minimum atomic E-state index is 0.289. The van der Waals surface area contributed by atoms with E-state index in [-0.39, 0.29) is 5.95 Å². The molecule has 2 aromatic heterocycles. The van der Waals surface area contributed by atoms with Gasteiger partial charge in [0.25, 0.3) is 5.95 Å². The standard InChI is InChI=1S/C11H17N9S/c1-21-8-4-2-3-7(8)15-9-16-10(19-12)18-11(17-9)20-6-13-5-14-20/h5-8H,2-4,12H2,1H3,(H2,15,16,17,18,19). The molecule has 21 heavy (non-hydrogen) atoms. The lowest BCUT2D eigenvalue weighted by Crippen LogP contribution is -2.27. The Hall–Kier alpha value is -1.94. The highest BCUT2D eigenvalue weighted by Gasteiger charge is 2.27. The summed E-state index contributed by atoms with van der Waals surface area (Å²) in [5.74, 6) is 6.58. The Balaban J connectivity index is 1.86. The number of anilines is 2. The first kappa shape index (κ1) is 14.0. The molecule has 9 nitrogen and oxygen atoms in total. The predicted octanol–water partition coefficient (Wildman–Crippen LogP) is 0.434. The van der Waals surface area contributed by atoms with E-state index in [4.69, 9.17) is 5.84 Å². The Morgan fingerprint density at radius 3 is 2.86 bits per heavy atom. The van der Waals surface area contributed by atoms with Gasteiger partial charge in [-0.25, -0.2) is 10.8 Å². The van der Waals surface area contributed by atoms with Gasteiger partial charge in [-0.2, -0.15) is 36.5 Å². The molecule has 10 heteroatoms. The zero-order valence-corrected chi connectivity index (χ0v) is 12.4. The molecular weight excluding hydrogens is 290 g/mol. The minimum Gasteiger partial charge on any atom is -0.350 e. The van der Waals surface area contributed by atoms with Gasteiger partial charge < -0.3 is 5.32 Å². The van der Waals surface area contributed by atoms with Crippen molar-refractivity contribution in [2.75, 3.05) is 17.0 Å². The number of hydrogen-bond donors (Lipinski definition) is 3. The molecule has 112 valence electrons. The number of hydrogen-bond acceptors (Lipinski definition) is 9. The average Bonchev–Trinajstić information content (AvgIpc) is 3.18. The van der Waals surface area contributed by atoms with Gasteiger partial charge in [-0.15, -0.1) is 0 Å². The van der Waals surface area contributed by atoms with E-state index in [0.29, 0.717) is 23.2 Å². The second-order valence-electron chi connectivity index (χ2n) is 4.72. The summed E-state index contributed by atoms with van der Waals surface area (Å²) in [5, 5.41) is 7.97. The van der Waals surface area contributed by atoms with Gasteiger partial charge in [0.1, 0.15) is 12.7 Å². The van der Waals surface area contributed by atoms with E-state index in [1.54, 1.807) is 0 Å². The van der Waals surface area contributed by atoms with E-state index >= 15 is 0 Å². The van der Waals surface area contributed by atoms with Crippen molar-refractivity contribution in [3.05, 3.63) is 12.7 Å². The van der Waals surface area contributed by atoms with Crippen molar-refractivity contribution in [2.45, 2.75) is 30.6 Å². The molecule has 2 atom stereocenters. The number of hydrazine groups is 1. The van der Waals surface area contributed by atoms with Gasteiger partial charge in [0.05, 0.1) is 0 Å². The number of thioether (sulfide) groups is 1. The Morgan fingerprint density at radius 2 is 2.14 bits per heavy atom. The molecule has 3 rings (SSSR count). The maximum atomic E-state index is 5.42. The summed E-state index contributed by atoms with van der Waals surface area (Å²) in [6.45, 7) is 0. The second kappa shape index (κ2) is 6.22. The zero-order chi connectivity index (χ0) is 14.7. The summed E-state index contributed by atoms with van der Waals surface area (Å²) < 4.78 is 1.47. The molecule has 1 saturated carbocycles. The van der Waals surface area contributed by atoms with Crippen LogP contribution in [0.5, 0.6) is 0 Å². The normalized spacial score (nSPS) is 21.4. The van der Waals surface area contributed by atoms with Crippen molar-refractivity contribution in [1.82, 2.24) is 29.7 Å². The molecule has 0 aliphatic heterocycles. The van der Waals surface area contributed by atoms with Crippen LogP contribution in [-0.4, -0.2) is 47.3 Å². The summed E-state index contributed by atoms with van der Waals surface area (Å²) in [6, 6.07) is 0.358. The lowest BCUT2D eigenvalue weighted by Gasteiger charge is -2.19. The first-order valence-electron chi connectivity index (χ1n) is 6.67. The van der Waals surface area contributed by atoms with Crippen LogP contribution in [0.15, 0.2) is 12.7 Å². The first-order valence-corrected chi connectivity index (χ1v) is 7.96. The van der Waals surface area contributed by atoms with E-state index < -0.39 is 0 Å². The Labute approximate surface area is 126 Å². The molecule has 2 heterocycles. The largest absolute Gasteiger partial charge is 0.350 e. The van der Waals surface area contributed by atoms with Gasteiger partial charge >= 0.3 is 0 Å². The molecular formula is C11H17N9S. The van der Waals surface area contributed by atoms with Crippen molar-refractivity contribution in [2.24, 2.45) is 5.84 Å². The highest BCUT2D eigenvalue weighted by Crippen LogP contribution is 2.30. The van der Waals surface area contributed by atoms with Gasteiger partial charge in [0.2, 0.25) is 11.9 Å². The molecule has 0 saturated heterocycles. The fourth-order valence-corrected chi connectivity index (χ4v) is 3.38. The number of nitrogen functional groups attached to an aromatic ring is 1. The number of nitrogens with two attached hydrogens (primary N) is 1. The summed E-state index contributed by atoms with van der Waals surface area (Å²) >= 11 is 1.87. The van der Waals surface area contributed by atoms with Gasteiger partial charge in [0.15, 0.2) is 0 Å². The third-order valence-corrected chi connectivity index (χ3v) is 4.62. The topological polar surface area (TPSA) is 119 Å². The minimum absolute atomic E-state index is 0.289. The highest BCUT2D eigenvalue weighted by molar-refractivity contribution is 7.99. The molecule has 0 amide bonds. The van der Waals surface area contributed by atoms with Crippen LogP contribution in [0, 0.1) is 0 Å². The zero-order valence-electron chi connectivity index (χ0n) is 11.6. The number of nitrogens with one attached hydrogen (secondary N) is 2. The van der Waals surface area contributed by atoms with Crippen molar-refractivity contribution in [3.8, 4) is 5.95 Å². The molecule has 4 N–H and O–H groups in total. The SMILES string of the molecule is CSC1CCCC1Nc1nc(NN)nc(-n2cncn2)n1. The molecule has 0 radical (unpaired) electrons. The van der Waals surface area contributed by atoms with E-state index in [0.717, 1.165) is 6.42 Å². The fourth-order valence-electron chi connectivity index (χ4n) is 2.45. The lowest BCUT2D eigenvalue weighted by atomic mass is 10.2. The molecule has 2 unspecified atom stereocenters. The van der Waals surface area contributed by atoms with Gasteiger partial charge in [0, 0.05) is 11.3 Å². The van der Waals surface area contributed by atoms with Crippen LogP contribution >= 0.6 is 11.8 Å². The second-order valence-corrected chi connectivity index (χ2v) is 5.80. The lowest BCUT2D eigenvalue weighted by molar-refractivity contribution is 0.742. The molecule has 1 aliphatic rings. The smallest absolute Gasteiger partial charge is 0.258 e. The molecule has 2 aromatic rings. The maximum absolute atomic E-state index is 5.42. The van der Waals surface area contributed by atoms with Crippen molar-refractivity contribution in [1.29, 1.82) is 0 Å². The van der Waals surface area contributed by atoms with Crippen LogP contribution in [-0.2, 0) is 0 Å². The molecule has 1 fully saturated rings. The quantitative estimate of drug-likeness (QED) is 0.533. The Bertz CT molecular complexity index is 587. The predicted molar refractivity (Wildman–Crippen MR) is 81.1 cm³/mol. The highest BCUT2D eigenvalue weighted by atomic mass is 32.2. The van der Waals surface area contributed by atoms with Crippen molar-refractivity contribution in [3.63, 3.8) is 0 Å². The molecule has 0 bridgehead atoms. The van der Waals surface area contributed by atoms with E-state index in [9.17, 15) is 0 Å². The van der Waals surface area contributed by atoms with Crippen LogP contribution in [0.4, 0.5) is 11.9 Å². The van der Waals surface area contributed by atoms with Crippen molar-refractivity contribution < 1.29 is 0 Å². The Kier molecular flexibility index (Phi) is 4.15. The number of aromatic nitrogens is 6. The van der Waals surface area contributed by atoms with Gasteiger partial charge in [-0.05, 0) is 19.1 Å². The molecule has 0 aromatic carbocycles. The fraction of sp³-hybridized carbons (Fsp3) is 0.545. The van der Waals surface area contributed by atoms with Gasteiger partial charge in [-0.3, -0.25) is 5.43 Å². The first-order chi connectivity index (χ1) is 10.3. The van der Waals surface area contributed by atoms with Crippen LogP contribution < -0.4 is 16.6 Å². The van der Waals surface area contributed by atoms with E-state index in [2.05, 4.69) is 42.0 Å². The Morgan fingerprint density at radius 1 is 1.29 bits per heavy atom. The summed E-state index contributed by atoms with van der Waals surface area (Å²) in [6.07, 6.45) is 8.62. The summed E-state index contributed by atoms with van der Waals surface area (Å²) in [4.78, 5) is 16.7. The van der Waals surface area contributed by atoms with Gasteiger partial charge in [-0.1, -0.05) is 6.42 Å². The third-order valence-electron chi connectivity index (χ3n) is 3.45. The third kappa shape index (κ3) is 3.05. The monoisotopic (exact) mass is 307 g/mol. The summed E-state index contributed by atoms with van der Waals surface area (Å²) in [7, 11) is 0. The maximum Gasteiger partial charge on any atom is 0.258 e. The van der Waals surface area contributed by atoms with E-state index in [1.165, 1.54) is 30.2 Å². The van der Waals surface area contributed by atoms with Crippen LogP contribution in [0.2, 0.25) is 0 Å². The molecule has 0 spiro atoms. The van der Waals surface area contributed by atoms with Crippen molar-refractivity contribution >= 4 is 23.7 Å². The van der Waals surface area contributed by atoms with E-state index in [1.807, 2.05) is 11.8 Å². The number of nitrogens with zero attached hydrogens (tertiary/aromatic N) is 6. The molecule has 1 aliphatic carbocycles. The average molecular weight is 307 g/mol. The number of rotatable bonds is 5. The van der Waals surface area contributed by atoms with Crippen LogP contribution in [0.1, 0.15) is 19.3 Å². The summed E-state index contributed by atoms with van der Waals surface area (Å²) in [5.41, 5.74) is 2.45. The van der Waals surface area contributed by atoms with Crippen LogP contribution in [0.3, 0.4) is 0 Å². The van der Waals surface area contributed by atoms with Crippen LogP contribution in [0.25, 0.3) is 5.95 Å².